The zero-order chi connectivity index (χ0) is 24.8. The molecular weight excluding hydrogens is 465 g/mol. The fourth-order valence-corrected chi connectivity index (χ4v) is 3.59. The quantitative estimate of drug-likeness (QED) is 0.442. The van der Waals surface area contributed by atoms with Gasteiger partial charge < -0.3 is 19.8 Å². The summed E-state index contributed by atoms with van der Waals surface area (Å²) >= 11 is 0. The number of H-pyrrole nitrogens is 2. The van der Waals surface area contributed by atoms with Crippen molar-refractivity contribution in [2.24, 2.45) is 0 Å². The van der Waals surface area contributed by atoms with E-state index < -0.39 is 17.8 Å². The summed E-state index contributed by atoms with van der Waals surface area (Å²) in [6.07, 6.45) is -1.18. The van der Waals surface area contributed by atoms with Crippen LogP contribution in [0.5, 0.6) is 5.75 Å². The first-order chi connectivity index (χ1) is 16.8. The molecule has 1 amide bonds. The maximum atomic E-state index is 13.0. The number of aromatic nitrogens is 4. The number of imidazole rings is 1. The molecule has 0 saturated carbocycles. The molecule has 1 unspecified atom stereocenters. The van der Waals surface area contributed by atoms with Crippen molar-refractivity contribution < 1.29 is 27.4 Å². The monoisotopic (exact) mass is 488 g/mol. The van der Waals surface area contributed by atoms with Gasteiger partial charge in [-0.2, -0.15) is 18.3 Å². The van der Waals surface area contributed by atoms with Crippen molar-refractivity contribution in [2.75, 3.05) is 38.7 Å². The Kier molecular flexibility index (Phi) is 7.38. The molecule has 1 aliphatic rings. The number of amides is 1. The number of halogens is 3. The Morgan fingerprint density at radius 3 is 2.89 bits per heavy atom. The van der Waals surface area contributed by atoms with E-state index in [0.29, 0.717) is 30.2 Å². The van der Waals surface area contributed by atoms with Crippen molar-refractivity contribution in [3.63, 3.8) is 0 Å². The third-order valence-electron chi connectivity index (χ3n) is 5.42. The molecule has 3 N–H and O–H groups in total. The molecule has 184 valence electrons. The lowest BCUT2D eigenvalue weighted by molar-refractivity contribution is -0.140. The highest BCUT2D eigenvalue weighted by molar-refractivity contribution is 6.05. The molecule has 4 rings (SSSR count). The number of hydrogen-bond acceptors (Lipinski definition) is 6. The molecule has 3 heterocycles. The highest BCUT2D eigenvalue weighted by atomic mass is 19.4. The molecular formula is C23H23F3N6O3. The molecule has 0 aliphatic carbocycles. The zero-order valence-corrected chi connectivity index (χ0v) is 18.8. The highest BCUT2D eigenvalue weighted by Crippen LogP contribution is 2.33. The summed E-state index contributed by atoms with van der Waals surface area (Å²) in [5.41, 5.74) is 0.0872. The second-order valence-electron chi connectivity index (χ2n) is 7.82. The van der Waals surface area contributed by atoms with Crippen LogP contribution in [0.1, 0.15) is 17.8 Å². The van der Waals surface area contributed by atoms with Crippen LogP contribution < -0.4 is 10.1 Å². The van der Waals surface area contributed by atoms with E-state index in [1.165, 1.54) is 12.3 Å². The number of carbonyl (C=O) groups excluding carboxylic acids is 1. The first-order valence-electron chi connectivity index (χ1n) is 10.8. The van der Waals surface area contributed by atoms with Gasteiger partial charge in [0.25, 0.3) is 0 Å². The first kappa shape index (κ1) is 24.3. The molecule has 35 heavy (non-hydrogen) atoms. The number of hydrogen-bond donors (Lipinski definition) is 3. The molecule has 1 aromatic carbocycles. The molecule has 0 spiro atoms. The van der Waals surface area contributed by atoms with Gasteiger partial charge in [-0.1, -0.05) is 0 Å². The van der Waals surface area contributed by atoms with Gasteiger partial charge in [-0.25, -0.2) is 4.98 Å². The van der Waals surface area contributed by atoms with Crippen LogP contribution in [0.4, 0.5) is 18.9 Å². The molecule has 2 aromatic heterocycles. The molecule has 12 heteroatoms. The number of nitrogens with zero attached hydrogens (tertiary/aromatic N) is 3. The van der Waals surface area contributed by atoms with Crippen molar-refractivity contribution in [3.05, 3.63) is 48.0 Å². The summed E-state index contributed by atoms with van der Waals surface area (Å²) in [6.45, 7) is 2.71. The molecule has 0 radical (unpaired) electrons. The number of anilines is 1. The number of alkyl halides is 3. The predicted molar refractivity (Wildman–Crippen MR) is 120 cm³/mol. The fraction of sp³-hybridized carbons (Fsp3) is 0.348. The van der Waals surface area contributed by atoms with Gasteiger partial charge in [0, 0.05) is 44.4 Å². The minimum Gasteiger partial charge on any atom is -0.490 e. The van der Waals surface area contributed by atoms with Crippen LogP contribution in [0.2, 0.25) is 0 Å². The van der Waals surface area contributed by atoms with E-state index in [9.17, 15) is 18.0 Å². The van der Waals surface area contributed by atoms with Gasteiger partial charge in [0.1, 0.15) is 29.6 Å². The van der Waals surface area contributed by atoms with E-state index in [1.54, 1.807) is 25.3 Å². The maximum Gasteiger partial charge on any atom is 0.432 e. The number of rotatable bonds is 7. The van der Waals surface area contributed by atoms with E-state index >= 15 is 0 Å². The van der Waals surface area contributed by atoms with Crippen LogP contribution in [0.15, 0.2) is 36.7 Å². The van der Waals surface area contributed by atoms with Crippen LogP contribution in [-0.2, 0) is 15.7 Å². The number of aromatic amines is 2. The first-order valence-corrected chi connectivity index (χ1v) is 10.8. The average Bonchev–Trinajstić information content (AvgIpc) is 3.60. The van der Waals surface area contributed by atoms with Gasteiger partial charge in [-0.15, -0.1) is 0 Å². The lowest BCUT2D eigenvalue weighted by atomic mass is 10.1. The van der Waals surface area contributed by atoms with Crippen LogP contribution in [0.25, 0.3) is 11.4 Å². The molecule has 0 bridgehead atoms. The van der Waals surface area contributed by atoms with Crippen LogP contribution >= 0.6 is 0 Å². The second kappa shape index (κ2) is 10.6. The van der Waals surface area contributed by atoms with Gasteiger partial charge in [-0.05, 0) is 36.6 Å². The van der Waals surface area contributed by atoms with E-state index in [0.717, 1.165) is 25.7 Å². The number of carbonyl (C=O) groups is 1. The average molecular weight is 488 g/mol. The third kappa shape index (κ3) is 6.40. The maximum absolute atomic E-state index is 13.0. The summed E-state index contributed by atoms with van der Waals surface area (Å²) in [5.74, 6) is 4.81. The molecule has 3 aromatic rings. The highest BCUT2D eigenvalue weighted by Gasteiger charge is 2.33. The number of ether oxygens (including phenoxy) is 2. The van der Waals surface area contributed by atoms with Gasteiger partial charge >= 0.3 is 12.1 Å². The largest absolute Gasteiger partial charge is 0.490 e. The van der Waals surface area contributed by atoms with E-state index in [2.05, 4.69) is 42.2 Å². The van der Waals surface area contributed by atoms with E-state index in [4.69, 9.17) is 9.47 Å². The smallest absolute Gasteiger partial charge is 0.432 e. The summed E-state index contributed by atoms with van der Waals surface area (Å²) in [6, 6.07) is 6.24. The topological polar surface area (TPSA) is 108 Å². The number of methoxy groups -OCH3 is 1. The lowest BCUT2D eigenvalue weighted by Gasteiger charge is -2.17. The Hall–Kier alpha value is -3.82. The second-order valence-corrected chi connectivity index (χ2v) is 7.82. The van der Waals surface area contributed by atoms with Crippen molar-refractivity contribution >= 4 is 11.6 Å². The third-order valence-corrected chi connectivity index (χ3v) is 5.42. The van der Waals surface area contributed by atoms with Crippen LogP contribution in [0.3, 0.4) is 0 Å². The lowest BCUT2D eigenvalue weighted by Crippen LogP contribution is -2.27. The van der Waals surface area contributed by atoms with E-state index in [1.807, 2.05) is 0 Å². The number of nitrogens with one attached hydrogen (secondary N) is 3. The minimum atomic E-state index is -4.55. The molecule has 1 atom stereocenters. The Labute approximate surface area is 199 Å². The predicted octanol–water partition coefficient (Wildman–Crippen LogP) is 2.91. The minimum absolute atomic E-state index is 0.00518. The van der Waals surface area contributed by atoms with Crippen molar-refractivity contribution in [1.29, 1.82) is 0 Å². The number of benzene rings is 1. The summed E-state index contributed by atoms with van der Waals surface area (Å²) < 4.78 is 50.2. The summed E-state index contributed by atoms with van der Waals surface area (Å²) in [4.78, 5) is 20.7. The SMILES string of the molecule is COC1CCN(CCOc2ccc(-c3ncc(C(F)(F)F)[nH]3)cc2NC(=O)C#Cc2ccn[nH]2)C1. The molecule has 9 nitrogen and oxygen atoms in total. The van der Waals surface area contributed by atoms with Gasteiger partial charge in [0.15, 0.2) is 0 Å². The summed E-state index contributed by atoms with van der Waals surface area (Å²) in [7, 11) is 1.69. The van der Waals surface area contributed by atoms with Gasteiger partial charge in [0.05, 0.1) is 18.0 Å². The van der Waals surface area contributed by atoms with Crippen LogP contribution in [0, 0.1) is 11.8 Å². The Morgan fingerprint density at radius 1 is 1.34 bits per heavy atom. The molecule has 1 aliphatic heterocycles. The molecule has 1 fully saturated rings. The standard InChI is InChI=1S/C23H23F3N6O3/c1-34-17-7-9-32(14-17)10-11-35-19-4-2-15(22-27-13-20(30-22)23(24,25)26)12-18(19)29-21(33)5-3-16-6-8-28-31-16/h2,4,6,8,12-13,17H,7,9-11,14H2,1H3,(H,27,30)(H,28,31)(H,29,33). The Balaban J connectivity index is 1.51. The van der Waals surface area contributed by atoms with Gasteiger partial charge in [0.2, 0.25) is 0 Å². The van der Waals surface area contributed by atoms with Crippen molar-refractivity contribution in [3.8, 4) is 29.0 Å². The van der Waals surface area contributed by atoms with Gasteiger partial charge in [-0.3, -0.25) is 14.8 Å². The van der Waals surface area contributed by atoms with Crippen molar-refractivity contribution in [1.82, 2.24) is 25.1 Å². The number of likely N-dealkylation sites (tertiary alicyclic amines) is 1. The van der Waals surface area contributed by atoms with Crippen molar-refractivity contribution in [2.45, 2.75) is 18.7 Å². The Bertz CT molecular complexity index is 1210. The summed E-state index contributed by atoms with van der Waals surface area (Å²) in [5, 5.41) is 9.03. The Morgan fingerprint density at radius 2 is 2.20 bits per heavy atom. The van der Waals surface area contributed by atoms with Crippen LogP contribution in [-0.4, -0.2) is 70.4 Å². The molecule has 1 saturated heterocycles. The fourth-order valence-electron chi connectivity index (χ4n) is 3.59. The normalized spacial score (nSPS) is 16.1. The zero-order valence-electron chi connectivity index (χ0n) is 18.8. The van der Waals surface area contributed by atoms with E-state index in [-0.39, 0.29) is 17.6 Å².